The molecule has 4 heteroatoms. The van der Waals surface area contributed by atoms with Gasteiger partial charge in [0, 0.05) is 18.3 Å². The number of ether oxygens (including phenoxy) is 1. The highest BCUT2D eigenvalue weighted by atomic mass is 16.5. The van der Waals surface area contributed by atoms with E-state index < -0.39 is 0 Å². The average Bonchev–Trinajstić information content (AvgIpc) is 2.53. The molecule has 0 amide bonds. The van der Waals surface area contributed by atoms with E-state index >= 15 is 0 Å². The SMILES string of the molecule is CCc1ccc(CC(NN)c2ccc(OC)c(C)c2)nc1. The summed E-state index contributed by atoms with van der Waals surface area (Å²) in [6, 6.07) is 10.3. The van der Waals surface area contributed by atoms with Crippen molar-refractivity contribution >= 4 is 0 Å². The molecule has 1 heterocycles. The number of nitrogens with zero attached hydrogens (tertiary/aromatic N) is 1. The Hall–Kier alpha value is -1.91. The summed E-state index contributed by atoms with van der Waals surface area (Å²) >= 11 is 0. The number of nitrogens with one attached hydrogen (secondary N) is 1. The van der Waals surface area contributed by atoms with Gasteiger partial charge < -0.3 is 4.74 Å². The van der Waals surface area contributed by atoms with E-state index in [4.69, 9.17) is 10.6 Å². The zero-order chi connectivity index (χ0) is 15.2. The van der Waals surface area contributed by atoms with Gasteiger partial charge in [0.05, 0.1) is 13.2 Å². The van der Waals surface area contributed by atoms with Gasteiger partial charge in [0.1, 0.15) is 5.75 Å². The Bertz CT molecular complexity index is 581. The molecule has 0 aliphatic rings. The normalized spacial score (nSPS) is 12.2. The van der Waals surface area contributed by atoms with E-state index in [1.807, 2.05) is 25.3 Å². The number of benzene rings is 1. The number of rotatable bonds is 6. The highest BCUT2D eigenvalue weighted by Crippen LogP contribution is 2.24. The Balaban J connectivity index is 2.16. The second-order valence-corrected chi connectivity index (χ2v) is 5.16. The van der Waals surface area contributed by atoms with E-state index in [9.17, 15) is 0 Å². The molecule has 2 aromatic rings. The van der Waals surface area contributed by atoms with Crippen molar-refractivity contribution < 1.29 is 4.74 Å². The van der Waals surface area contributed by atoms with Crippen LogP contribution in [-0.4, -0.2) is 12.1 Å². The summed E-state index contributed by atoms with van der Waals surface area (Å²) in [4.78, 5) is 4.50. The second kappa shape index (κ2) is 7.20. The fourth-order valence-corrected chi connectivity index (χ4v) is 2.39. The first-order valence-electron chi connectivity index (χ1n) is 7.22. The number of methoxy groups -OCH3 is 1. The van der Waals surface area contributed by atoms with Crippen LogP contribution in [0.15, 0.2) is 36.5 Å². The lowest BCUT2D eigenvalue weighted by Crippen LogP contribution is -2.29. The molecule has 1 aromatic carbocycles. The molecule has 0 fully saturated rings. The largest absolute Gasteiger partial charge is 0.496 e. The van der Waals surface area contributed by atoms with Gasteiger partial charge >= 0.3 is 0 Å². The van der Waals surface area contributed by atoms with E-state index in [1.54, 1.807) is 7.11 Å². The molecular weight excluding hydrogens is 262 g/mol. The van der Waals surface area contributed by atoms with Crippen LogP contribution in [0.1, 0.15) is 35.3 Å². The number of nitrogens with two attached hydrogens (primary N) is 1. The second-order valence-electron chi connectivity index (χ2n) is 5.16. The molecule has 112 valence electrons. The lowest BCUT2D eigenvalue weighted by molar-refractivity contribution is 0.411. The lowest BCUT2D eigenvalue weighted by atomic mass is 9.99. The Morgan fingerprint density at radius 1 is 1.29 bits per heavy atom. The highest BCUT2D eigenvalue weighted by molar-refractivity contribution is 5.37. The summed E-state index contributed by atoms with van der Waals surface area (Å²) in [5, 5.41) is 0. The predicted molar refractivity (Wildman–Crippen MR) is 85.1 cm³/mol. The van der Waals surface area contributed by atoms with Crippen molar-refractivity contribution in [2.45, 2.75) is 32.7 Å². The van der Waals surface area contributed by atoms with E-state index in [0.29, 0.717) is 0 Å². The third-order valence-electron chi connectivity index (χ3n) is 3.73. The number of aromatic nitrogens is 1. The number of pyridine rings is 1. The van der Waals surface area contributed by atoms with Gasteiger partial charge in [0.2, 0.25) is 0 Å². The molecule has 0 radical (unpaired) electrons. The standard InChI is InChI=1S/C17H23N3O/c1-4-13-5-7-15(19-11-13)10-16(20-18)14-6-8-17(21-3)12(2)9-14/h5-9,11,16,20H,4,10,18H2,1-3H3. The van der Waals surface area contributed by atoms with Gasteiger partial charge in [-0.05, 0) is 42.2 Å². The first-order chi connectivity index (χ1) is 10.2. The van der Waals surface area contributed by atoms with Crippen molar-refractivity contribution in [3.63, 3.8) is 0 Å². The number of aryl methyl sites for hydroxylation is 2. The minimum absolute atomic E-state index is 0.0367. The molecule has 2 rings (SSSR count). The zero-order valence-electron chi connectivity index (χ0n) is 12.9. The van der Waals surface area contributed by atoms with E-state index in [2.05, 4.69) is 35.5 Å². The molecule has 0 aliphatic carbocycles. The van der Waals surface area contributed by atoms with Gasteiger partial charge in [-0.1, -0.05) is 25.1 Å². The third-order valence-corrected chi connectivity index (χ3v) is 3.73. The van der Waals surface area contributed by atoms with Gasteiger partial charge in [-0.2, -0.15) is 0 Å². The molecule has 1 unspecified atom stereocenters. The highest BCUT2D eigenvalue weighted by Gasteiger charge is 2.13. The van der Waals surface area contributed by atoms with E-state index in [1.165, 1.54) is 5.56 Å². The first kappa shape index (κ1) is 15.5. The van der Waals surface area contributed by atoms with Crippen molar-refractivity contribution in [1.82, 2.24) is 10.4 Å². The van der Waals surface area contributed by atoms with Crippen LogP contribution in [0.25, 0.3) is 0 Å². The molecule has 21 heavy (non-hydrogen) atoms. The topological polar surface area (TPSA) is 60.2 Å². The fraction of sp³-hybridized carbons (Fsp3) is 0.353. The number of hydrazine groups is 1. The smallest absolute Gasteiger partial charge is 0.121 e. The van der Waals surface area contributed by atoms with Gasteiger partial charge in [-0.3, -0.25) is 16.3 Å². The zero-order valence-corrected chi connectivity index (χ0v) is 12.9. The molecule has 1 atom stereocenters. The maximum Gasteiger partial charge on any atom is 0.121 e. The fourth-order valence-electron chi connectivity index (χ4n) is 2.39. The molecule has 0 aliphatic heterocycles. The molecule has 0 saturated carbocycles. The molecule has 0 bridgehead atoms. The van der Waals surface area contributed by atoms with Crippen LogP contribution in [0.2, 0.25) is 0 Å². The Labute approximate surface area is 126 Å². The summed E-state index contributed by atoms with van der Waals surface area (Å²) < 4.78 is 5.29. The van der Waals surface area contributed by atoms with E-state index in [-0.39, 0.29) is 6.04 Å². The maximum atomic E-state index is 5.72. The van der Waals surface area contributed by atoms with Gasteiger partial charge in [-0.15, -0.1) is 0 Å². The summed E-state index contributed by atoms with van der Waals surface area (Å²) in [7, 11) is 1.68. The average molecular weight is 285 g/mol. The Morgan fingerprint density at radius 2 is 2.10 bits per heavy atom. The summed E-state index contributed by atoms with van der Waals surface area (Å²) in [6.45, 7) is 4.16. The number of hydrogen-bond acceptors (Lipinski definition) is 4. The first-order valence-corrected chi connectivity index (χ1v) is 7.22. The molecule has 1 aromatic heterocycles. The van der Waals surface area contributed by atoms with Crippen molar-refractivity contribution in [2.75, 3.05) is 7.11 Å². The third kappa shape index (κ3) is 3.80. The summed E-state index contributed by atoms with van der Waals surface area (Å²) in [5.74, 6) is 6.61. The lowest BCUT2D eigenvalue weighted by Gasteiger charge is -2.17. The van der Waals surface area contributed by atoms with E-state index in [0.717, 1.165) is 35.4 Å². The van der Waals surface area contributed by atoms with Gasteiger partial charge in [0.25, 0.3) is 0 Å². The molecule has 4 nitrogen and oxygen atoms in total. The minimum atomic E-state index is 0.0367. The predicted octanol–water partition coefficient (Wildman–Crippen LogP) is 2.71. The van der Waals surface area contributed by atoms with Crippen LogP contribution >= 0.6 is 0 Å². The maximum absolute atomic E-state index is 5.72. The summed E-state index contributed by atoms with van der Waals surface area (Å²) in [5.41, 5.74) is 7.39. The van der Waals surface area contributed by atoms with Crippen LogP contribution in [-0.2, 0) is 12.8 Å². The number of hydrogen-bond donors (Lipinski definition) is 2. The van der Waals surface area contributed by atoms with Crippen LogP contribution in [0, 0.1) is 6.92 Å². The monoisotopic (exact) mass is 285 g/mol. The molecular formula is C17H23N3O. The Kier molecular flexibility index (Phi) is 5.31. The molecule has 3 N–H and O–H groups in total. The summed E-state index contributed by atoms with van der Waals surface area (Å²) in [6.07, 6.45) is 3.69. The Morgan fingerprint density at radius 3 is 2.62 bits per heavy atom. The van der Waals surface area contributed by atoms with Crippen LogP contribution in [0.4, 0.5) is 0 Å². The van der Waals surface area contributed by atoms with Crippen molar-refractivity contribution in [3.8, 4) is 5.75 Å². The molecule has 0 spiro atoms. The van der Waals surface area contributed by atoms with Gasteiger partial charge in [0.15, 0.2) is 0 Å². The van der Waals surface area contributed by atoms with Crippen molar-refractivity contribution in [1.29, 1.82) is 0 Å². The minimum Gasteiger partial charge on any atom is -0.496 e. The van der Waals surface area contributed by atoms with Crippen LogP contribution in [0.5, 0.6) is 5.75 Å². The van der Waals surface area contributed by atoms with Crippen LogP contribution < -0.4 is 16.0 Å². The quantitative estimate of drug-likeness (QED) is 0.633. The van der Waals surface area contributed by atoms with Crippen LogP contribution in [0.3, 0.4) is 0 Å². The van der Waals surface area contributed by atoms with Gasteiger partial charge in [-0.25, -0.2) is 0 Å². The molecule has 0 saturated heterocycles. The van der Waals surface area contributed by atoms with Crippen molar-refractivity contribution in [3.05, 3.63) is 58.9 Å². The van der Waals surface area contributed by atoms with Crippen molar-refractivity contribution in [2.24, 2.45) is 5.84 Å².